The molecule has 1 spiro atoms. The molecule has 0 atom stereocenters. The van der Waals surface area contributed by atoms with Gasteiger partial charge in [-0.1, -0.05) is 0 Å². The molecule has 0 unspecified atom stereocenters. The second-order valence-electron chi connectivity index (χ2n) is 6.63. The summed E-state index contributed by atoms with van der Waals surface area (Å²) in [7, 11) is 1.58. The summed E-state index contributed by atoms with van der Waals surface area (Å²) in [5.41, 5.74) is 0.365. The van der Waals surface area contributed by atoms with Crippen molar-refractivity contribution in [3.05, 3.63) is 48.0 Å². The number of nitrogens with zero attached hydrogens (tertiary/aromatic N) is 3. The van der Waals surface area contributed by atoms with Crippen molar-refractivity contribution in [2.24, 2.45) is 0 Å². The van der Waals surface area contributed by atoms with Crippen LogP contribution in [0.2, 0.25) is 0 Å². The van der Waals surface area contributed by atoms with E-state index in [-0.39, 0.29) is 11.7 Å². The van der Waals surface area contributed by atoms with Crippen molar-refractivity contribution in [1.29, 1.82) is 0 Å². The monoisotopic (exact) mass is 353 g/mol. The normalized spacial score (nSPS) is 18.2. The van der Waals surface area contributed by atoms with Crippen LogP contribution in [0.3, 0.4) is 0 Å². The third-order valence-electron chi connectivity index (χ3n) is 5.04. The lowest BCUT2D eigenvalue weighted by atomic mass is 9.82. The molecule has 0 saturated carbocycles. The van der Waals surface area contributed by atoms with Gasteiger partial charge in [0.15, 0.2) is 5.78 Å². The molecule has 7 nitrogen and oxygen atoms in total. The summed E-state index contributed by atoms with van der Waals surface area (Å²) in [5.74, 6) is 1.15. The van der Waals surface area contributed by atoms with Crippen molar-refractivity contribution in [2.75, 3.05) is 20.2 Å². The van der Waals surface area contributed by atoms with Crippen LogP contribution >= 0.6 is 0 Å². The quantitative estimate of drug-likeness (QED) is 0.823. The number of hydrogen-bond acceptors (Lipinski definition) is 6. The minimum absolute atomic E-state index is 0.0719. The Morgan fingerprint density at radius 2 is 2.08 bits per heavy atom. The van der Waals surface area contributed by atoms with E-state index in [1.807, 2.05) is 0 Å². The minimum atomic E-state index is -0.560. The van der Waals surface area contributed by atoms with Gasteiger partial charge in [-0.2, -0.15) is 0 Å². The van der Waals surface area contributed by atoms with Gasteiger partial charge >= 0.3 is 0 Å². The number of piperidine rings is 1. The van der Waals surface area contributed by atoms with Gasteiger partial charge in [0.1, 0.15) is 22.8 Å². The van der Waals surface area contributed by atoms with Crippen LogP contribution in [0, 0.1) is 0 Å². The Bertz CT molecular complexity index is 845. The topological polar surface area (TPSA) is 81.6 Å². The van der Waals surface area contributed by atoms with Gasteiger partial charge in [-0.3, -0.25) is 14.6 Å². The molecular formula is C19H19N3O4. The highest BCUT2D eigenvalue weighted by Crippen LogP contribution is 2.40. The van der Waals surface area contributed by atoms with Crippen LogP contribution in [-0.2, 0) is 0 Å². The summed E-state index contributed by atoms with van der Waals surface area (Å²) in [6.07, 6.45) is 6.04. The molecule has 1 fully saturated rings. The number of aromatic nitrogens is 2. The number of fused-ring (bicyclic) bond motifs is 1. The van der Waals surface area contributed by atoms with Crippen LogP contribution in [-0.4, -0.2) is 52.4 Å². The van der Waals surface area contributed by atoms with Gasteiger partial charge in [-0.05, 0) is 12.1 Å². The van der Waals surface area contributed by atoms with Crippen molar-refractivity contribution in [2.45, 2.75) is 24.9 Å². The number of ether oxygens (including phenoxy) is 2. The fraction of sp³-hybridized carbons (Fsp3) is 0.368. The first-order valence-electron chi connectivity index (χ1n) is 8.56. The largest absolute Gasteiger partial charge is 0.497 e. The van der Waals surface area contributed by atoms with E-state index in [1.165, 1.54) is 18.6 Å². The lowest BCUT2D eigenvalue weighted by molar-refractivity contribution is -0.00595. The van der Waals surface area contributed by atoms with Crippen LogP contribution < -0.4 is 9.47 Å². The lowest BCUT2D eigenvalue weighted by Gasteiger charge is -2.43. The van der Waals surface area contributed by atoms with E-state index in [4.69, 9.17) is 9.47 Å². The van der Waals surface area contributed by atoms with Crippen molar-refractivity contribution in [3.63, 3.8) is 0 Å². The maximum atomic E-state index is 12.6. The molecule has 2 aromatic rings. The van der Waals surface area contributed by atoms with Gasteiger partial charge in [0.05, 0.1) is 25.3 Å². The van der Waals surface area contributed by atoms with Crippen molar-refractivity contribution in [1.82, 2.24) is 14.9 Å². The molecule has 26 heavy (non-hydrogen) atoms. The van der Waals surface area contributed by atoms with Crippen molar-refractivity contribution < 1.29 is 19.1 Å². The number of hydrogen-bond donors (Lipinski definition) is 0. The first-order chi connectivity index (χ1) is 12.6. The zero-order valence-corrected chi connectivity index (χ0v) is 14.5. The molecule has 0 radical (unpaired) electrons. The number of carbonyl (C=O) groups is 2. The fourth-order valence-corrected chi connectivity index (χ4v) is 3.57. The Hall–Kier alpha value is -2.96. The standard InChI is InChI=1S/C19H19N3O4/c1-25-13-2-3-14-16(23)11-19(26-17(14)10-13)4-8-22(9-5-19)18(24)15-12-20-6-7-21-15/h2-3,6-7,10,12H,4-5,8-9,11H2,1H3. The molecule has 0 bridgehead atoms. The molecule has 4 rings (SSSR count). The van der Waals surface area contributed by atoms with Gasteiger partial charge in [-0.25, -0.2) is 4.98 Å². The Morgan fingerprint density at radius 1 is 1.27 bits per heavy atom. The SMILES string of the molecule is COc1ccc2c(c1)OC1(CCN(C(=O)c3cnccn3)CC1)CC2=O. The molecule has 1 saturated heterocycles. The van der Waals surface area contributed by atoms with Crippen LogP contribution in [0.4, 0.5) is 0 Å². The molecule has 1 aromatic carbocycles. The summed E-state index contributed by atoms with van der Waals surface area (Å²) in [6, 6.07) is 5.27. The highest BCUT2D eigenvalue weighted by atomic mass is 16.5. The smallest absolute Gasteiger partial charge is 0.274 e. The lowest BCUT2D eigenvalue weighted by Crippen LogP contribution is -2.52. The average Bonchev–Trinajstić information content (AvgIpc) is 2.68. The van der Waals surface area contributed by atoms with Gasteiger partial charge in [0.25, 0.3) is 5.91 Å². The third kappa shape index (κ3) is 2.89. The molecule has 3 heterocycles. The number of carbonyl (C=O) groups excluding carboxylic acids is 2. The molecule has 0 N–H and O–H groups in total. The molecule has 2 aliphatic heterocycles. The summed E-state index contributed by atoms with van der Waals surface area (Å²) in [5, 5.41) is 0. The van der Waals surface area contributed by atoms with E-state index >= 15 is 0 Å². The number of rotatable bonds is 2. The molecular weight excluding hydrogens is 334 g/mol. The molecule has 134 valence electrons. The zero-order valence-electron chi connectivity index (χ0n) is 14.5. The third-order valence-corrected chi connectivity index (χ3v) is 5.04. The fourth-order valence-electron chi connectivity index (χ4n) is 3.57. The van der Waals surface area contributed by atoms with Crippen LogP contribution in [0.15, 0.2) is 36.8 Å². The van der Waals surface area contributed by atoms with Crippen LogP contribution in [0.25, 0.3) is 0 Å². The minimum Gasteiger partial charge on any atom is -0.497 e. The summed E-state index contributed by atoms with van der Waals surface area (Å²) in [6.45, 7) is 1.03. The average molecular weight is 353 g/mol. The molecule has 2 aliphatic rings. The highest BCUT2D eigenvalue weighted by Gasteiger charge is 2.44. The predicted molar refractivity (Wildman–Crippen MR) is 92.5 cm³/mol. The predicted octanol–water partition coefficient (Wildman–Crippen LogP) is 2.13. The maximum Gasteiger partial charge on any atom is 0.274 e. The van der Waals surface area contributed by atoms with E-state index in [9.17, 15) is 9.59 Å². The van der Waals surface area contributed by atoms with E-state index in [1.54, 1.807) is 30.2 Å². The molecule has 1 aromatic heterocycles. The van der Waals surface area contributed by atoms with Gasteiger partial charge in [0, 0.05) is 44.4 Å². The number of Topliss-reactive ketones (excluding diaryl/α,β-unsaturated/α-hetero) is 1. The van der Waals surface area contributed by atoms with E-state index in [0.717, 1.165) is 0 Å². The van der Waals surface area contributed by atoms with E-state index < -0.39 is 5.60 Å². The van der Waals surface area contributed by atoms with Crippen molar-refractivity contribution >= 4 is 11.7 Å². The molecule has 7 heteroatoms. The van der Waals surface area contributed by atoms with E-state index in [2.05, 4.69) is 9.97 Å². The highest BCUT2D eigenvalue weighted by molar-refractivity contribution is 6.00. The Kier molecular flexibility index (Phi) is 4.06. The number of likely N-dealkylation sites (tertiary alicyclic amines) is 1. The number of methoxy groups -OCH3 is 1. The Balaban J connectivity index is 1.50. The summed E-state index contributed by atoms with van der Waals surface area (Å²) >= 11 is 0. The van der Waals surface area contributed by atoms with Gasteiger partial charge in [-0.15, -0.1) is 0 Å². The first kappa shape index (κ1) is 16.5. The van der Waals surface area contributed by atoms with Crippen LogP contribution in [0.5, 0.6) is 11.5 Å². The van der Waals surface area contributed by atoms with E-state index in [0.29, 0.717) is 55.1 Å². The van der Waals surface area contributed by atoms with Crippen molar-refractivity contribution in [3.8, 4) is 11.5 Å². The second-order valence-corrected chi connectivity index (χ2v) is 6.63. The molecule has 0 aliphatic carbocycles. The zero-order chi connectivity index (χ0) is 18.1. The Morgan fingerprint density at radius 3 is 2.77 bits per heavy atom. The first-order valence-corrected chi connectivity index (χ1v) is 8.56. The summed E-state index contributed by atoms with van der Waals surface area (Å²) in [4.78, 5) is 34.8. The number of amides is 1. The number of ketones is 1. The van der Waals surface area contributed by atoms with Gasteiger partial charge in [0.2, 0.25) is 0 Å². The molecule has 1 amide bonds. The maximum absolute atomic E-state index is 12.6. The van der Waals surface area contributed by atoms with Crippen LogP contribution in [0.1, 0.15) is 40.1 Å². The second kappa shape index (κ2) is 6.40. The summed E-state index contributed by atoms with van der Waals surface area (Å²) < 4.78 is 11.5. The number of benzene rings is 1. The Labute approximate surface area is 151 Å². The van der Waals surface area contributed by atoms with Gasteiger partial charge < -0.3 is 14.4 Å².